The van der Waals surface area contributed by atoms with E-state index in [1.807, 2.05) is 24.3 Å². The van der Waals surface area contributed by atoms with E-state index in [9.17, 15) is 4.79 Å². The van der Waals surface area contributed by atoms with Gasteiger partial charge in [-0.15, -0.1) is 11.6 Å². The average Bonchev–Trinajstić information content (AvgIpc) is 2.54. The van der Waals surface area contributed by atoms with Crippen LogP contribution in [0.15, 0.2) is 42.5 Å². The lowest BCUT2D eigenvalue weighted by atomic mass is 10.1. The van der Waals surface area contributed by atoms with Crippen LogP contribution in [0.5, 0.6) is 11.5 Å². The molecule has 0 saturated heterocycles. The van der Waals surface area contributed by atoms with Crippen molar-refractivity contribution in [1.82, 2.24) is 0 Å². The van der Waals surface area contributed by atoms with Gasteiger partial charge >= 0.3 is 0 Å². The molecule has 0 aliphatic heterocycles. The number of amides is 1. The Bertz CT molecular complexity index is 643. The zero-order chi connectivity index (χ0) is 15.2. The highest BCUT2D eigenvalue weighted by atomic mass is 35.5. The number of anilines is 1. The lowest BCUT2D eigenvalue weighted by Gasteiger charge is -2.12. The molecule has 1 amide bonds. The molecule has 0 aromatic heterocycles. The summed E-state index contributed by atoms with van der Waals surface area (Å²) in [6, 6.07) is 12.5. The summed E-state index contributed by atoms with van der Waals surface area (Å²) in [6.07, 6.45) is 0. The number of hydrogen-bond donors (Lipinski definition) is 1. The van der Waals surface area contributed by atoms with E-state index in [2.05, 4.69) is 5.32 Å². The highest BCUT2D eigenvalue weighted by Crippen LogP contribution is 2.26. The van der Waals surface area contributed by atoms with Crippen molar-refractivity contribution < 1.29 is 14.3 Å². The summed E-state index contributed by atoms with van der Waals surface area (Å²) in [6.45, 7) is 0. The number of methoxy groups -OCH3 is 2. The molecule has 1 N–H and O–H groups in total. The molecule has 0 radical (unpaired) electrons. The number of carbonyl (C=O) groups is 1. The van der Waals surface area contributed by atoms with Crippen LogP contribution in [-0.2, 0) is 5.88 Å². The maximum absolute atomic E-state index is 12.4. The van der Waals surface area contributed by atoms with Crippen LogP contribution in [0.3, 0.4) is 0 Å². The molecule has 110 valence electrons. The number of benzene rings is 2. The second-order valence-corrected chi connectivity index (χ2v) is 4.58. The van der Waals surface area contributed by atoms with Crippen molar-refractivity contribution in [3.05, 3.63) is 53.6 Å². The first-order chi connectivity index (χ1) is 10.2. The van der Waals surface area contributed by atoms with Crippen LogP contribution in [-0.4, -0.2) is 20.1 Å². The zero-order valence-electron chi connectivity index (χ0n) is 11.9. The number of ether oxygens (including phenoxy) is 2. The van der Waals surface area contributed by atoms with Crippen molar-refractivity contribution in [1.29, 1.82) is 0 Å². The summed E-state index contributed by atoms with van der Waals surface area (Å²) < 4.78 is 10.4. The lowest BCUT2D eigenvalue weighted by molar-refractivity contribution is 0.102. The predicted octanol–water partition coefficient (Wildman–Crippen LogP) is 3.69. The molecule has 0 saturated carbocycles. The average molecular weight is 306 g/mol. The molecule has 0 spiro atoms. The van der Waals surface area contributed by atoms with Gasteiger partial charge in [0.25, 0.3) is 5.91 Å². The quantitative estimate of drug-likeness (QED) is 0.857. The first-order valence-electron chi connectivity index (χ1n) is 6.37. The van der Waals surface area contributed by atoms with Gasteiger partial charge in [0.05, 0.1) is 19.8 Å². The minimum absolute atomic E-state index is 0.275. The number of nitrogens with one attached hydrogen (secondary N) is 1. The van der Waals surface area contributed by atoms with E-state index >= 15 is 0 Å². The van der Waals surface area contributed by atoms with Crippen LogP contribution in [0, 0.1) is 0 Å². The van der Waals surface area contributed by atoms with Gasteiger partial charge in [0.2, 0.25) is 0 Å². The molecule has 4 nitrogen and oxygen atoms in total. The second-order valence-electron chi connectivity index (χ2n) is 4.31. The number of para-hydroxylation sites is 1. The van der Waals surface area contributed by atoms with Crippen molar-refractivity contribution in [2.24, 2.45) is 0 Å². The fraction of sp³-hybridized carbons (Fsp3) is 0.188. The summed E-state index contributed by atoms with van der Waals surface area (Å²) >= 11 is 5.87. The minimum atomic E-state index is -0.275. The Morgan fingerprint density at radius 2 is 1.90 bits per heavy atom. The van der Waals surface area contributed by atoms with Crippen LogP contribution in [0.25, 0.3) is 0 Å². The summed E-state index contributed by atoms with van der Waals surface area (Å²) in [5, 5.41) is 2.84. The Labute approximate surface area is 128 Å². The van der Waals surface area contributed by atoms with Crippen molar-refractivity contribution >= 4 is 23.2 Å². The number of carbonyl (C=O) groups excluding carboxylic acids is 1. The fourth-order valence-electron chi connectivity index (χ4n) is 1.94. The third-order valence-corrected chi connectivity index (χ3v) is 3.35. The van der Waals surface area contributed by atoms with Crippen molar-refractivity contribution in [3.8, 4) is 11.5 Å². The smallest absolute Gasteiger partial charge is 0.259 e. The molecule has 0 atom stereocenters. The van der Waals surface area contributed by atoms with E-state index in [4.69, 9.17) is 21.1 Å². The zero-order valence-corrected chi connectivity index (χ0v) is 12.6. The highest BCUT2D eigenvalue weighted by Gasteiger charge is 2.15. The Morgan fingerprint density at radius 3 is 2.57 bits per heavy atom. The topological polar surface area (TPSA) is 47.6 Å². The van der Waals surface area contributed by atoms with Gasteiger partial charge in [0.15, 0.2) is 0 Å². The number of alkyl halides is 1. The van der Waals surface area contributed by atoms with Crippen LogP contribution in [0.1, 0.15) is 15.9 Å². The van der Waals surface area contributed by atoms with E-state index in [0.29, 0.717) is 28.6 Å². The van der Waals surface area contributed by atoms with Crippen molar-refractivity contribution in [3.63, 3.8) is 0 Å². The molecule has 2 aromatic carbocycles. The molecule has 21 heavy (non-hydrogen) atoms. The monoisotopic (exact) mass is 305 g/mol. The molecule has 0 aliphatic rings. The standard InChI is InChI=1S/C16H16ClNO3/c1-20-12-7-8-15(21-2)13(9-12)16(19)18-14-6-4-3-5-11(14)10-17/h3-9H,10H2,1-2H3,(H,18,19). The molecule has 0 bridgehead atoms. The maximum atomic E-state index is 12.4. The molecule has 2 aromatic rings. The predicted molar refractivity (Wildman–Crippen MR) is 83.5 cm³/mol. The van der Waals surface area contributed by atoms with Crippen LogP contribution in [0.4, 0.5) is 5.69 Å². The number of hydrogen-bond acceptors (Lipinski definition) is 3. The molecule has 0 aliphatic carbocycles. The summed E-state index contributed by atoms with van der Waals surface area (Å²) in [7, 11) is 3.07. The first kappa shape index (κ1) is 15.2. The summed E-state index contributed by atoms with van der Waals surface area (Å²) in [4.78, 5) is 12.4. The third kappa shape index (κ3) is 3.47. The van der Waals surface area contributed by atoms with Gasteiger partial charge in [0, 0.05) is 11.6 Å². The van der Waals surface area contributed by atoms with Gasteiger partial charge in [-0.1, -0.05) is 18.2 Å². The molecule has 2 rings (SSSR count). The summed E-state index contributed by atoms with van der Waals surface area (Å²) in [5.74, 6) is 1.12. The fourth-order valence-corrected chi connectivity index (χ4v) is 2.17. The Kier molecular flexibility index (Phi) is 5.06. The molecule has 0 heterocycles. The number of rotatable bonds is 5. The third-order valence-electron chi connectivity index (χ3n) is 3.06. The SMILES string of the molecule is COc1ccc(OC)c(C(=O)Nc2ccccc2CCl)c1. The van der Waals surface area contributed by atoms with E-state index in [1.165, 1.54) is 7.11 Å². The van der Waals surface area contributed by atoms with Crippen molar-refractivity contribution in [2.75, 3.05) is 19.5 Å². The largest absolute Gasteiger partial charge is 0.497 e. The van der Waals surface area contributed by atoms with Gasteiger partial charge in [-0.2, -0.15) is 0 Å². The van der Waals surface area contributed by atoms with Crippen molar-refractivity contribution in [2.45, 2.75) is 5.88 Å². The Balaban J connectivity index is 2.31. The second kappa shape index (κ2) is 6.99. The Hall–Kier alpha value is -2.20. The van der Waals surface area contributed by atoms with Crippen LogP contribution >= 0.6 is 11.6 Å². The van der Waals surface area contributed by atoms with E-state index in [-0.39, 0.29) is 5.91 Å². The Morgan fingerprint density at radius 1 is 1.14 bits per heavy atom. The molecule has 0 fully saturated rings. The lowest BCUT2D eigenvalue weighted by Crippen LogP contribution is -2.14. The molecule has 0 unspecified atom stereocenters. The van der Waals surface area contributed by atoms with Gasteiger partial charge in [0.1, 0.15) is 11.5 Å². The highest BCUT2D eigenvalue weighted by molar-refractivity contribution is 6.17. The van der Waals surface area contributed by atoms with E-state index in [1.54, 1.807) is 25.3 Å². The maximum Gasteiger partial charge on any atom is 0.259 e. The molecule has 5 heteroatoms. The normalized spacial score (nSPS) is 10.0. The molecular formula is C16H16ClNO3. The van der Waals surface area contributed by atoms with Gasteiger partial charge in [-0.05, 0) is 29.8 Å². The minimum Gasteiger partial charge on any atom is -0.497 e. The van der Waals surface area contributed by atoms with Crippen LogP contribution in [0.2, 0.25) is 0 Å². The summed E-state index contributed by atoms with van der Waals surface area (Å²) in [5.41, 5.74) is 1.94. The van der Waals surface area contributed by atoms with E-state index in [0.717, 1.165) is 5.56 Å². The van der Waals surface area contributed by atoms with Gasteiger partial charge in [-0.3, -0.25) is 4.79 Å². The number of halogens is 1. The van der Waals surface area contributed by atoms with Crippen LogP contribution < -0.4 is 14.8 Å². The van der Waals surface area contributed by atoms with Gasteiger partial charge in [-0.25, -0.2) is 0 Å². The first-order valence-corrected chi connectivity index (χ1v) is 6.90. The van der Waals surface area contributed by atoms with E-state index < -0.39 is 0 Å². The molecular weight excluding hydrogens is 290 g/mol. The van der Waals surface area contributed by atoms with Gasteiger partial charge < -0.3 is 14.8 Å².